The molecule has 150 valence electrons. The fraction of sp³-hybridized carbons (Fsp3) is 0.250. The second-order valence-electron chi connectivity index (χ2n) is 7.28. The van der Waals surface area contributed by atoms with Gasteiger partial charge in [0.05, 0.1) is 6.61 Å². The van der Waals surface area contributed by atoms with Crippen LogP contribution in [0.2, 0.25) is 0 Å². The average molecular weight is 431 g/mol. The summed E-state index contributed by atoms with van der Waals surface area (Å²) in [6.07, 6.45) is 1.21. The van der Waals surface area contributed by atoms with Crippen molar-refractivity contribution < 1.29 is 13.9 Å². The van der Waals surface area contributed by atoms with Crippen molar-refractivity contribution >= 4 is 23.2 Å². The maximum absolute atomic E-state index is 14.3. The van der Waals surface area contributed by atoms with Gasteiger partial charge in [-0.15, -0.1) is 23.2 Å². The molecule has 3 aromatic rings. The van der Waals surface area contributed by atoms with E-state index in [2.05, 4.69) is 0 Å². The molecule has 0 bridgehead atoms. The maximum Gasteiger partial charge on any atom is 0.165 e. The minimum atomic E-state index is -0.866. The van der Waals surface area contributed by atoms with Crippen LogP contribution in [0.25, 0.3) is 0 Å². The Morgan fingerprint density at radius 1 is 0.931 bits per heavy atom. The topological polar surface area (TPSA) is 18.5 Å². The van der Waals surface area contributed by atoms with Crippen molar-refractivity contribution in [3.8, 4) is 17.2 Å². The van der Waals surface area contributed by atoms with Crippen LogP contribution in [0.15, 0.2) is 72.8 Å². The number of halogens is 3. The summed E-state index contributed by atoms with van der Waals surface area (Å²) < 4.78 is 24.7. The standard InChI is InChI=1S/C24H21Cl2FO2/c1-2-28-19-11-9-18(10-12-19)23(16-24(23,25)26)15-17-8-13-21(27)22(14-17)29-20-6-4-3-5-7-20/h3-14H,2,15-16H2,1H3. The Morgan fingerprint density at radius 3 is 2.24 bits per heavy atom. The van der Waals surface area contributed by atoms with Gasteiger partial charge in [0, 0.05) is 5.41 Å². The van der Waals surface area contributed by atoms with Gasteiger partial charge in [-0.1, -0.05) is 36.4 Å². The molecule has 2 nitrogen and oxygen atoms in total. The van der Waals surface area contributed by atoms with Crippen LogP contribution in [0, 0.1) is 5.82 Å². The van der Waals surface area contributed by atoms with Crippen molar-refractivity contribution in [2.45, 2.75) is 29.5 Å². The molecule has 0 saturated heterocycles. The van der Waals surface area contributed by atoms with Gasteiger partial charge in [-0.25, -0.2) is 4.39 Å². The van der Waals surface area contributed by atoms with Crippen molar-refractivity contribution in [1.29, 1.82) is 0 Å². The third kappa shape index (κ3) is 4.08. The molecular weight excluding hydrogens is 410 g/mol. The van der Waals surface area contributed by atoms with Gasteiger partial charge < -0.3 is 9.47 Å². The van der Waals surface area contributed by atoms with Crippen LogP contribution in [0.4, 0.5) is 4.39 Å². The van der Waals surface area contributed by atoms with E-state index in [0.29, 0.717) is 25.2 Å². The summed E-state index contributed by atoms with van der Waals surface area (Å²) in [4.78, 5) is 0. The molecule has 1 aliphatic rings. The van der Waals surface area contributed by atoms with Gasteiger partial charge >= 0.3 is 0 Å². The van der Waals surface area contributed by atoms with Crippen LogP contribution >= 0.6 is 23.2 Å². The lowest BCUT2D eigenvalue weighted by molar-refractivity contribution is 0.340. The normalized spacial score (nSPS) is 19.6. The molecule has 29 heavy (non-hydrogen) atoms. The zero-order valence-corrected chi connectivity index (χ0v) is 17.5. The Hall–Kier alpha value is -2.23. The second-order valence-corrected chi connectivity index (χ2v) is 8.76. The summed E-state index contributed by atoms with van der Waals surface area (Å²) in [5.41, 5.74) is 1.53. The summed E-state index contributed by atoms with van der Waals surface area (Å²) >= 11 is 13.2. The third-order valence-electron chi connectivity index (χ3n) is 5.29. The first-order chi connectivity index (χ1) is 13.9. The number of benzene rings is 3. The van der Waals surface area contributed by atoms with Gasteiger partial charge in [-0.05, 0) is 67.3 Å². The highest BCUT2D eigenvalue weighted by atomic mass is 35.5. The van der Waals surface area contributed by atoms with Crippen molar-refractivity contribution in [1.82, 2.24) is 0 Å². The van der Waals surface area contributed by atoms with Crippen LogP contribution in [0.1, 0.15) is 24.5 Å². The monoisotopic (exact) mass is 430 g/mol. The number of para-hydroxylation sites is 1. The van der Waals surface area contributed by atoms with E-state index in [9.17, 15) is 4.39 Å². The fourth-order valence-corrected chi connectivity index (χ4v) is 4.49. The zero-order chi connectivity index (χ0) is 20.5. The molecule has 1 unspecified atom stereocenters. The van der Waals surface area contributed by atoms with Crippen LogP contribution in [-0.2, 0) is 11.8 Å². The van der Waals surface area contributed by atoms with E-state index >= 15 is 0 Å². The molecule has 1 fully saturated rings. The van der Waals surface area contributed by atoms with E-state index < -0.39 is 15.6 Å². The summed E-state index contributed by atoms with van der Waals surface area (Å²) in [7, 11) is 0. The minimum Gasteiger partial charge on any atom is -0.494 e. The largest absolute Gasteiger partial charge is 0.494 e. The molecule has 5 heteroatoms. The van der Waals surface area contributed by atoms with Crippen LogP contribution in [0.3, 0.4) is 0 Å². The van der Waals surface area contributed by atoms with Crippen molar-refractivity contribution in [2.75, 3.05) is 6.61 Å². The molecule has 0 N–H and O–H groups in total. The van der Waals surface area contributed by atoms with Crippen LogP contribution in [0.5, 0.6) is 17.2 Å². The number of hydrogen-bond acceptors (Lipinski definition) is 2. The molecule has 0 heterocycles. The van der Waals surface area contributed by atoms with E-state index in [0.717, 1.165) is 16.9 Å². The lowest BCUT2D eigenvalue weighted by Crippen LogP contribution is -2.18. The summed E-state index contributed by atoms with van der Waals surface area (Å²) in [5.74, 6) is 1.17. The van der Waals surface area contributed by atoms with E-state index in [1.807, 2.05) is 49.4 Å². The third-order valence-corrected chi connectivity index (χ3v) is 6.28. The number of rotatable bonds is 7. The molecule has 1 saturated carbocycles. The van der Waals surface area contributed by atoms with Crippen molar-refractivity contribution in [3.63, 3.8) is 0 Å². The van der Waals surface area contributed by atoms with Gasteiger partial charge in [0.1, 0.15) is 15.8 Å². The summed E-state index contributed by atoms with van der Waals surface area (Å²) in [6, 6.07) is 21.9. The number of hydrogen-bond donors (Lipinski definition) is 0. The van der Waals surface area contributed by atoms with Crippen LogP contribution < -0.4 is 9.47 Å². The highest BCUT2D eigenvalue weighted by molar-refractivity contribution is 6.52. The Bertz CT molecular complexity index is 990. The number of ether oxygens (including phenoxy) is 2. The van der Waals surface area contributed by atoms with Crippen molar-refractivity contribution in [2.24, 2.45) is 0 Å². The highest BCUT2D eigenvalue weighted by Crippen LogP contribution is 2.66. The van der Waals surface area contributed by atoms with Crippen molar-refractivity contribution in [3.05, 3.63) is 89.7 Å². The molecule has 1 aliphatic carbocycles. The first-order valence-electron chi connectivity index (χ1n) is 9.56. The molecule has 0 aromatic heterocycles. The molecule has 4 rings (SSSR count). The minimum absolute atomic E-state index is 0.186. The predicted molar refractivity (Wildman–Crippen MR) is 115 cm³/mol. The molecule has 3 aromatic carbocycles. The first kappa shape index (κ1) is 20.1. The lowest BCUT2D eigenvalue weighted by atomic mass is 9.88. The van der Waals surface area contributed by atoms with Gasteiger partial charge in [0.2, 0.25) is 0 Å². The van der Waals surface area contributed by atoms with E-state index in [1.54, 1.807) is 24.3 Å². The Morgan fingerprint density at radius 2 is 1.62 bits per heavy atom. The molecule has 1 atom stereocenters. The molecule has 0 aliphatic heterocycles. The first-order valence-corrected chi connectivity index (χ1v) is 10.3. The van der Waals surface area contributed by atoms with Gasteiger partial charge in [-0.3, -0.25) is 0 Å². The molecule has 0 radical (unpaired) electrons. The summed E-state index contributed by atoms with van der Waals surface area (Å²) in [5, 5.41) is 0. The Balaban J connectivity index is 1.60. The molecule has 0 spiro atoms. The smallest absolute Gasteiger partial charge is 0.165 e. The Labute approximate surface area is 180 Å². The maximum atomic E-state index is 14.3. The lowest BCUT2D eigenvalue weighted by Gasteiger charge is -2.20. The van der Waals surface area contributed by atoms with E-state index in [-0.39, 0.29) is 5.75 Å². The van der Waals surface area contributed by atoms with Crippen LogP contribution in [-0.4, -0.2) is 10.9 Å². The average Bonchev–Trinajstić information content (AvgIpc) is 3.27. The quantitative estimate of drug-likeness (QED) is 0.373. The van der Waals surface area contributed by atoms with Gasteiger partial charge in [-0.2, -0.15) is 0 Å². The SMILES string of the molecule is CCOc1ccc(C2(Cc3ccc(F)c(Oc4ccccc4)c3)CC2(Cl)Cl)cc1. The zero-order valence-electron chi connectivity index (χ0n) is 16.0. The van der Waals surface area contributed by atoms with Gasteiger partial charge in [0.15, 0.2) is 11.6 Å². The predicted octanol–water partition coefficient (Wildman–Crippen LogP) is 7.07. The summed E-state index contributed by atoms with van der Waals surface area (Å²) in [6.45, 7) is 2.56. The Kier molecular flexibility index (Phi) is 5.46. The second kappa shape index (κ2) is 7.89. The highest BCUT2D eigenvalue weighted by Gasteiger charge is 2.66. The molecular formula is C24H21Cl2FO2. The van der Waals surface area contributed by atoms with Gasteiger partial charge in [0.25, 0.3) is 0 Å². The molecule has 0 amide bonds. The number of alkyl halides is 2. The van der Waals surface area contributed by atoms with E-state index in [4.69, 9.17) is 32.7 Å². The van der Waals surface area contributed by atoms with E-state index in [1.165, 1.54) is 6.07 Å². The fourth-order valence-electron chi connectivity index (χ4n) is 3.68.